The fraction of sp³-hybridized carbons (Fsp3) is 0.346. The summed E-state index contributed by atoms with van der Waals surface area (Å²) >= 11 is 8.20. The average molecular weight is 510 g/mol. The zero-order valence-electron chi connectivity index (χ0n) is 20.1. The van der Waals surface area contributed by atoms with E-state index in [0.717, 1.165) is 75.2 Å². The van der Waals surface area contributed by atoms with Crippen LogP contribution in [0.5, 0.6) is 5.75 Å². The molecule has 0 fully saturated rings. The van der Waals surface area contributed by atoms with E-state index in [1.54, 1.807) is 11.3 Å². The van der Waals surface area contributed by atoms with E-state index in [2.05, 4.69) is 28.4 Å². The van der Waals surface area contributed by atoms with Gasteiger partial charge in [0, 0.05) is 72.1 Å². The molecule has 7 nitrogen and oxygen atoms in total. The van der Waals surface area contributed by atoms with Gasteiger partial charge in [0.25, 0.3) is 0 Å². The number of hydrogen-bond acceptors (Lipinski definition) is 6. The van der Waals surface area contributed by atoms with Crippen LogP contribution in [-0.4, -0.2) is 28.9 Å². The molecule has 2 aliphatic heterocycles. The lowest BCUT2D eigenvalue weighted by Crippen LogP contribution is -2.24. The number of amides is 1. The molecule has 1 atom stereocenters. The SMILES string of the molecule is C=Nc1cc(CNC(C)=O)sc1/C(=C\C)c1cc(Cl)cc2c1OC(c1c3c(nn1C)CCNC3)C2. The molecule has 1 unspecified atom stereocenters. The van der Waals surface area contributed by atoms with Crippen LogP contribution in [0, 0.1) is 0 Å². The lowest BCUT2D eigenvalue weighted by atomic mass is 9.97. The van der Waals surface area contributed by atoms with Gasteiger partial charge in [-0.25, -0.2) is 0 Å². The molecule has 2 aliphatic rings. The third kappa shape index (κ3) is 4.42. The minimum absolute atomic E-state index is 0.0704. The minimum atomic E-state index is -0.128. The Labute approximate surface area is 213 Å². The number of thiophene rings is 1. The molecule has 35 heavy (non-hydrogen) atoms. The van der Waals surface area contributed by atoms with E-state index in [4.69, 9.17) is 21.4 Å². The van der Waals surface area contributed by atoms with Gasteiger partial charge in [0.15, 0.2) is 0 Å². The van der Waals surface area contributed by atoms with Crippen LogP contribution >= 0.6 is 22.9 Å². The summed E-state index contributed by atoms with van der Waals surface area (Å²) < 4.78 is 8.63. The summed E-state index contributed by atoms with van der Waals surface area (Å²) in [6, 6.07) is 5.92. The van der Waals surface area contributed by atoms with Crippen LogP contribution in [0.1, 0.15) is 57.8 Å². The standard InChI is InChI=1S/C26H28ClN5O2S/c1-5-18(26-22(28-3)11-17(35-26)12-30-14(2)33)19-10-16(27)8-15-9-23(34-25(15)19)24-20-13-29-7-6-21(20)31-32(24)4/h5,8,10-11,23,29H,3,6-7,9,12-13H2,1-2,4H3,(H,30,33)/b18-5-. The number of aromatic nitrogens is 2. The Morgan fingerprint density at radius 2 is 2.29 bits per heavy atom. The lowest BCUT2D eigenvalue weighted by molar-refractivity contribution is -0.119. The Hall–Kier alpha value is -2.94. The molecule has 0 saturated carbocycles. The highest BCUT2D eigenvalue weighted by Gasteiger charge is 2.34. The van der Waals surface area contributed by atoms with E-state index in [-0.39, 0.29) is 12.0 Å². The summed E-state index contributed by atoms with van der Waals surface area (Å²) in [5.74, 6) is 0.775. The maximum absolute atomic E-state index is 11.4. The number of aryl methyl sites for hydroxylation is 1. The Balaban J connectivity index is 1.53. The lowest BCUT2D eigenvalue weighted by Gasteiger charge is -2.18. The molecule has 0 spiro atoms. The molecule has 0 aliphatic carbocycles. The second kappa shape index (κ2) is 9.60. The van der Waals surface area contributed by atoms with E-state index in [1.807, 2.05) is 36.9 Å². The molecule has 1 amide bonds. The quantitative estimate of drug-likeness (QED) is 0.464. The number of carbonyl (C=O) groups excluding carboxylic acids is 1. The largest absolute Gasteiger partial charge is 0.483 e. The molecular weight excluding hydrogens is 482 g/mol. The van der Waals surface area contributed by atoms with Crippen molar-refractivity contribution < 1.29 is 9.53 Å². The van der Waals surface area contributed by atoms with E-state index in [9.17, 15) is 4.79 Å². The van der Waals surface area contributed by atoms with Gasteiger partial charge in [0.2, 0.25) is 5.91 Å². The van der Waals surface area contributed by atoms with Crippen molar-refractivity contribution in [3.63, 3.8) is 0 Å². The first kappa shape index (κ1) is 23.8. The first-order valence-corrected chi connectivity index (χ1v) is 12.8. The summed E-state index contributed by atoms with van der Waals surface area (Å²) in [6.07, 6.45) is 3.59. The molecule has 2 aromatic heterocycles. The van der Waals surface area contributed by atoms with Gasteiger partial charge in [-0.05, 0) is 31.8 Å². The van der Waals surface area contributed by atoms with E-state index < -0.39 is 0 Å². The number of rotatable bonds is 6. The Morgan fingerprint density at radius 1 is 1.46 bits per heavy atom. The number of hydrogen-bond donors (Lipinski definition) is 2. The molecule has 2 N–H and O–H groups in total. The van der Waals surface area contributed by atoms with Crippen molar-refractivity contribution in [2.45, 2.75) is 45.9 Å². The highest BCUT2D eigenvalue weighted by Crippen LogP contribution is 2.48. The van der Waals surface area contributed by atoms with Gasteiger partial charge in [-0.3, -0.25) is 14.5 Å². The number of allylic oxidation sites excluding steroid dienone is 1. The zero-order valence-corrected chi connectivity index (χ0v) is 21.6. The summed E-state index contributed by atoms with van der Waals surface area (Å²) in [7, 11) is 2.00. The monoisotopic (exact) mass is 509 g/mol. The highest BCUT2D eigenvalue weighted by molar-refractivity contribution is 7.13. The van der Waals surface area contributed by atoms with Crippen molar-refractivity contribution in [3.8, 4) is 5.75 Å². The molecule has 9 heteroatoms. The van der Waals surface area contributed by atoms with Crippen LogP contribution in [0.2, 0.25) is 5.02 Å². The van der Waals surface area contributed by atoms with Crippen molar-refractivity contribution in [3.05, 3.63) is 67.1 Å². The van der Waals surface area contributed by atoms with Crippen molar-refractivity contribution in [1.82, 2.24) is 20.4 Å². The Kier molecular flexibility index (Phi) is 6.53. The van der Waals surface area contributed by atoms with Crippen molar-refractivity contribution in [1.29, 1.82) is 0 Å². The number of halogens is 1. The summed E-state index contributed by atoms with van der Waals surface area (Å²) in [5, 5.41) is 11.7. The van der Waals surface area contributed by atoms with Gasteiger partial charge in [-0.1, -0.05) is 17.7 Å². The number of benzene rings is 1. The maximum atomic E-state index is 11.4. The van der Waals surface area contributed by atoms with Gasteiger partial charge in [0.05, 0.1) is 28.5 Å². The van der Waals surface area contributed by atoms with Gasteiger partial charge < -0.3 is 15.4 Å². The van der Waals surface area contributed by atoms with Crippen LogP contribution in [0.15, 0.2) is 29.3 Å². The number of nitrogens with zero attached hydrogens (tertiary/aromatic N) is 3. The normalized spacial score (nSPS) is 17.0. The van der Waals surface area contributed by atoms with Crippen molar-refractivity contribution >= 4 is 46.8 Å². The summed E-state index contributed by atoms with van der Waals surface area (Å²) in [5.41, 5.74) is 7.30. The van der Waals surface area contributed by atoms with Crippen LogP contribution in [-0.2, 0) is 37.8 Å². The first-order chi connectivity index (χ1) is 16.9. The van der Waals surface area contributed by atoms with Gasteiger partial charge in [0.1, 0.15) is 11.9 Å². The second-order valence-electron chi connectivity index (χ2n) is 8.81. The average Bonchev–Trinajstić information content (AvgIpc) is 3.52. The van der Waals surface area contributed by atoms with Crippen molar-refractivity contribution in [2.24, 2.45) is 12.0 Å². The maximum Gasteiger partial charge on any atom is 0.217 e. The molecule has 0 bridgehead atoms. The minimum Gasteiger partial charge on any atom is -0.483 e. The third-order valence-corrected chi connectivity index (χ3v) is 7.86. The number of nitrogens with one attached hydrogen (secondary N) is 2. The molecule has 1 aromatic carbocycles. The Bertz CT molecular complexity index is 1360. The molecule has 4 heterocycles. The predicted octanol–water partition coefficient (Wildman–Crippen LogP) is 4.88. The second-order valence-corrected chi connectivity index (χ2v) is 10.4. The van der Waals surface area contributed by atoms with Gasteiger partial charge in [-0.15, -0.1) is 11.3 Å². The molecule has 0 saturated heterocycles. The molecule has 0 radical (unpaired) electrons. The zero-order chi connectivity index (χ0) is 24.7. The van der Waals surface area contributed by atoms with E-state index >= 15 is 0 Å². The van der Waals surface area contributed by atoms with Crippen molar-refractivity contribution in [2.75, 3.05) is 6.54 Å². The Morgan fingerprint density at radius 3 is 3.03 bits per heavy atom. The van der Waals surface area contributed by atoms with E-state index in [0.29, 0.717) is 11.6 Å². The van der Waals surface area contributed by atoms with E-state index in [1.165, 1.54) is 12.5 Å². The summed E-state index contributed by atoms with van der Waals surface area (Å²) in [6.45, 7) is 9.48. The predicted molar refractivity (Wildman–Crippen MR) is 141 cm³/mol. The van der Waals surface area contributed by atoms with Crippen LogP contribution in [0.25, 0.3) is 5.57 Å². The molecule has 182 valence electrons. The van der Waals surface area contributed by atoms with Crippen LogP contribution in [0.3, 0.4) is 0 Å². The van der Waals surface area contributed by atoms with Crippen LogP contribution in [0.4, 0.5) is 5.69 Å². The number of carbonyl (C=O) groups is 1. The fourth-order valence-corrected chi connectivity index (χ4v) is 6.36. The van der Waals surface area contributed by atoms with Gasteiger partial charge in [-0.2, -0.15) is 5.10 Å². The molecule has 5 rings (SSSR count). The number of fused-ring (bicyclic) bond motifs is 2. The molecule has 3 aromatic rings. The third-order valence-electron chi connectivity index (χ3n) is 6.49. The number of aliphatic imine (C=N–C) groups is 1. The van der Waals surface area contributed by atoms with Crippen LogP contribution < -0.4 is 15.4 Å². The topological polar surface area (TPSA) is 80.5 Å². The number of ether oxygens (including phenoxy) is 1. The fourth-order valence-electron chi connectivity index (χ4n) is 4.98. The molecular formula is C26H28ClN5O2S. The smallest absolute Gasteiger partial charge is 0.217 e. The van der Waals surface area contributed by atoms with Gasteiger partial charge >= 0.3 is 0 Å². The first-order valence-electron chi connectivity index (χ1n) is 11.6. The highest BCUT2D eigenvalue weighted by atomic mass is 35.5. The summed E-state index contributed by atoms with van der Waals surface area (Å²) in [4.78, 5) is 17.6.